The van der Waals surface area contributed by atoms with Crippen LogP contribution in [0.15, 0.2) is 22.7 Å². The molecule has 1 aromatic carbocycles. The highest BCUT2D eigenvalue weighted by molar-refractivity contribution is 7.22. The number of rotatable bonds is 4. The van der Waals surface area contributed by atoms with E-state index in [1.165, 1.54) is 11.3 Å². The normalized spacial score (nSPS) is 11.2. The van der Waals surface area contributed by atoms with Crippen molar-refractivity contribution >= 4 is 26.7 Å². The molecule has 3 aromatic rings. The lowest BCUT2D eigenvalue weighted by molar-refractivity contribution is 0.126. The molecule has 98 valence electrons. The first-order valence-corrected chi connectivity index (χ1v) is 6.64. The molecule has 0 fully saturated rings. The predicted octanol–water partition coefficient (Wildman–Crippen LogP) is 2.46. The fourth-order valence-corrected chi connectivity index (χ4v) is 2.47. The van der Waals surface area contributed by atoms with Gasteiger partial charge in [-0.1, -0.05) is 16.5 Å². The summed E-state index contributed by atoms with van der Waals surface area (Å²) in [6, 6.07) is 5.73. The molecule has 0 bridgehead atoms. The number of nitrogen functional groups attached to an aromatic ring is 1. The molecule has 0 saturated heterocycles. The highest BCUT2D eigenvalue weighted by atomic mass is 32.1. The maximum atomic E-state index is 5.68. The van der Waals surface area contributed by atoms with Crippen molar-refractivity contribution in [3.63, 3.8) is 0 Å². The first-order valence-electron chi connectivity index (χ1n) is 5.83. The van der Waals surface area contributed by atoms with Gasteiger partial charge in [-0.25, -0.2) is 4.98 Å². The summed E-state index contributed by atoms with van der Waals surface area (Å²) in [4.78, 5) is 8.49. The van der Waals surface area contributed by atoms with Crippen molar-refractivity contribution in [3.8, 4) is 11.5 Å². The molecule has 2 aromatic heterocycles. The monoisotopic (exact) mass is 276 g/mol. The SMILES string of the molecule is CCOCc1noc(-c2ccc3nc(N)sc3c2)n1. The van der Waals surface area contributed by atoms with E-state index in [1.807, 2.05) is 25.1 Å². The van der Waals surface area contributed by atoms with Gasteiger partial charge < -0.3 is 15.0 Å². The minimum absolute atomic E-state index is 0.357. The molecule has 0 aliphatic heterocycles. The summed E-state index contributed by atoms with van der Waals surface area (Å²) in [6.07, 6.45) is 0. The summed E-state index contributed by atoms with van der Waals surface area (Å²) in [7, 11) is 0. The highest BCUT2D eigenvalue weighted by Gasteiger charge is 2.10. The first kappa shape index (κ1) is 12.1. The van der Waals surface area contributed by atoms with Gasteiger partial charge in [0, 0.05) is 12.2 Å². The number of thiazole rings is 1. The number of aromatic nitrogens is 3. The summed E-state index contributed by atoms with van der Waals surface area (Å²) < 4.78 is 11.4. The Morgan fingerprint density at radius 1 is 1.37 bits per heavy atom. The topological polar surface area (TPSA) is 87.1 Å². The van der Waals surface area contributed by atoms with E-state index < -0.39 is 0 Å². The van der Waals surface area contributed by atoms with Crippen molar-refractivity contribution in [3.05, 3.63) is 24.0 Å². The van der Waals surface area contributed by atoms with E-state index in [1.54, 1.807) is 0 Å². The van der Waals surface area contributed by atoms with Gasteiger partial charge in [-0.2, -0.15) is 4.98 Å². The van der Waals surface area contributed by atoms with E-state index in [2.05, 4.69) is 15.1 Å². The van der Waals surface area contributed by atoms with Gasteiger partial charge in [0.05, 0.1) is 10.2 Å². The quantitative estimate of drug-likeness (QED) is 0.787. The lowest BCUT2D eigenvalue weighted by Crippen LogP contribution is -1.93. The van der Waals surface area contributed by atoms with E-state index >= 15 is 0 Å². The highest BCUT2D eigenvalue weighted by Crippen LogP contribution is 2.28. The number of nitrogens with two attached hydrogens (primary N) is 1. The fraction of sp³-hybridized carbons (Fsp3) is 0.250. The molecule has 0 spiro atoms. The molecule has 0 unspecified atom stereocenters. The average Bonchev–Trinajstić information content (AvgIpc) is 3.00. The molecular weight excluding hydrogens is 264 g/mol. The third-order valence-electron chi connectivity index (χ3n) is 2.56. The second-order valence-corrected chi connectivity index (χ2v) is 4.95. The molecule has 0 atom stereocenters. The van der Waals surface area contributed by atoms with E-state index in [-0.39, 0.29) is 0 Å². The van der Waals surface area contributed by atoms with Gasteiger partial charge in [0.25, 0.3) is 5.89 Å². The number of ether oxygens (including phenoxy) is 1. The van der Waals surface area contributed by atoms with Crippen molar-refractivity contribution in [2.45, 2.75) is 13.5 Å². The number of fused-ring (bicyclic) bond motifs is 1. The van der Waals surface area contributed by atoms with Crippen LogP contribution in [0.2, 0.25) is 0 Å². The number of hydrogen-bond donors (Lipinski definition) is 1. The van der Waals surface area contributed by atoms with Crippen LogP contribution in [0.4, 0.5) is 5.13 Å². The zero-order chi connectivity index (χ0) is 13.2. The van der Waals surface area contributed by atoms with Gasteiger partial charge in [-0.3, -0.25) is 0 Å². The van der Waals surface area contributed by atoms with Crippen LogP contribution in [-0.2, 0) is 11.3 Å². The molecule has 0 radical (unpaired) electrons. The van der Waals surface area contributed by atoms with Crippen LogP contribution in [0.5, 0.6) is 0 Å². The van der Waals surface area contributed by atoms with Crippen LogP contribution in [0.1, 0.15) is 12.7 Å². The Morgan fingerprint density at radius 3 is 3.11 bits per heavy atom. The Bertz CT molecular complexity index is 707. The maximum absolute atomic E-state index is 5.68. The van der Waals surface area contributed by atoms with Crippen LogP contribution in [-0.4, -0.2) is 21.7 Å². The molecule has 3 rings (SSSR count). The molecular formula is C12H12N4O2S. The largest absolute Gasteiger partial charge is 0.375 e. The Labute approximate surface area is 113 Å². The molecule has 2 N–H and O–H groups in total. The smallest absolute Gasteiger partial charge is 0.258 e. The van der Waals surface area contributed by atoms with Crippen molar-refractivity contribution in [1.82, 2.24) is 15.1 Å². The molecule has 2 heterocycles. The van der Waals surface area contributed by atoms with Crippen LogP contribution >= 0.6 is 11.3 Å². The Hall–Kier alpha value is -1.99. The van der Waals surface area contributed by atoms with Gasteiger partial charge >= 0.3 is 0 Å². The van der Waals surface area contributed by atoms with Crippen LogP contribution in [0.25, 0.3) is 21.7 Å². The Balaban J connectivity index is 1.92. The lowest BCUT2D eigenvalue weighted by Gasteiger charge is -1.94. The summed E-state index contributed by atoms with van der Waals surface area (Å²) in [5, 5.41) is 4.42. The molecule has 0 aliphatic carbocycles. The predicted molar refractivity (Wildman–Crippen MR) is 72.7 cm³/mol. The standard InChI is InChI=1S/C12H12N4O2S/c1-2-17-6-10-15-11(18-16-10)7-3-4-8-9(5-7)19-12(13)14-8/h3-5H,2,6H2,1H3,(H2,13,14). The number of benzene rings is 1. The summed E-state index contributed by atoms with van der Waals surface area (Å²) >= 11 is 1.43. The zero-order valence-electron chi connectivity index (χ0n) is 10.3. The van der Waals surface area contributed by atoms with Gasteiger partial charge in [0.15, 0.2) is 11.0 Å². The minimum Gasteiger partial charge on any atom is -0.375 e. The minimum atomic E-state index is 0.357. The molecule has 7 heteroatoms. The Morgan fingerprint density at radius 2 is 2.26 bits per heavy atom. The third kappa shape index (κ3) is 2.42. The first-order chi connectivity index (χ1) is 9.26. The van der Waals surface area contributed by atoms with E-state index in [9.17, 15) is 0 Å². The van der Waals surface area contributed by atoms with Gasteiger partial charge in [-0.05, 0) is 25.1 Å². The molecule has 0 saturated carbocycles. The van der Waals surface area contributed by atoms with E-state index in [0.29, 0.717) is 30.1 Å². The summed E-state index contributed by atoms with van der Waals surface area (Å²) in [5.41, 5.74) is 7.41. The van der Waals surface area contributed by atoms with Crippen LogP contribution in [0, 0.1) is 0 Å². The zero-order valence-corrected chi connectivity index (χ0v) is 11.1. The molecule has 6 nitrogen and oxygen atoms in total. The average molecular weight is 276 g/mol. The maximum Gasteiger partial charge on any atom is 0.258 e. The lowest BCUT2D eigenvalue weighted by atomic mass is 10.2. The van der Waals surface area contributed by atoms with Gasteiger partial charge in [-0.15, -0.1) is 0 Å². The van der Waals surface area contributed by atoms with E-state index in [4.69, 9.17) is 15.0 Å². The Kier molecular flexibility index (Phi) is 3.14. The summed E-state index contributed by atoms with van der Waals surface area (Å²) in [6.45, 7) is 2.90. The molecule has 0 amide bonds. The van der Waals surface area contributed by atoms with Gasteiger partial charge in [0.2, 0.25) is 0 Å². The number of anilines is 1. The van der Waals surface area contributed by atoms with Crippen molar-refractivity contribution in [2.75, 3.05) is 12.3 Å². The van der Waals surface area contributed by atoms with Crippen LogP contribution < -0.4 is 5.73 Å². The second-order valence-electron chi connectivity index (χ2n) is 3.89. The number of hydrogen-bond acceptors (Lipinski definition) is 7. The van der Waals surface area contributed by atoms with Crippen molar-refractivity contribution in [2.24, 2.45) is 0 Å². The molecule has 0 aliphatic rings. The number of nitrogens with zero attached hydrogens (tertiary/aromatic N) is 3. The third-order valence-corrected chi connectivity index (χ3v) is 3.40. The summed E-state index contributed by atoms with van der Waals surface area (Å²) in [5.74, 6) is 1.02. The van der Waals surface area contributed by atoms with Gasteiger partial charge in [0.1, 0.15) is 6.61 Å². The molecule has 19 heavy (non-hydrogen) atoms. The second kappa shape index (κ2) is 4.94. The van der Waals surface area contributed by atoms with Crippen molar-refractivity contribution < 1.29 is 9.26 Å². The van der Waals surface area contributed by atoms with Crippen molar-refractivity contribution in [1.29, 1.82) is 0 Å². The fourth-order valence-electron chi connectivity index (χ4n) is 1.70. The van der Waals surface area contributed by atoms with Crippen LogP contribution in [0.3, 0.4) is 0 Å². The van der Waals surface area contributed by atoms with E-state index in [0.717, 1.165) is 15.8 Å².